The predicted molar refractivity (Wildman–Crippen MR) is 88.0 cm³/mol. The topological polar surface area (TPSA) is 78.6 Å². The van der Waals surface area contributed by atoms with E-state index in [-0.39, 0.29) is 22.7 Å². The van der Waals surface area contributed by atoms with Crippen LogP contribution in [0.1, 0.15) is 45.8 Å². The van der Waals surface area contributed by atoms with Gasteiger partial charge in [-0.1, -0.05) is 19.1 Å². The Morgan fingerprint density at radius 2 is 1.73 bits per heavy atom. The van der Waals surface area contributed by atoms with Gasteiger partial charge >= 0.3 is 6.18 Å². The number of benzene rings is 1. The Labute approximate surface area is 145 Å². The molecule has 1 aromatic carbocycles. The first-order chi connectivity index (χ1) is 12.3. The third-order valence-electron chi connectivity index (χ3n) is 4.04. The van der Waals surface area contributed by atoms with Gasteiger partial charge in [0.15, 0.2) is 0 Å². The average Bonchev–Trinajstić information content (AvgIpc) is 3.10. The lowest BCUT2D eigenvalue weighted by molar-refractivity contribution is -0.137. The maximum Gasteiger partial charge on any atom is 0.416 e. The SMILES string of the molecule is CC(c1ccc(=O)[nH]n1)c1ccc(C(=O)c2ccc(C(F)(F)F)cc2)[nH]1. The fraction of sp³-hybridized carbons (Fsp3) is 0.167. The second-order valence-electron chi connectivity index (χ2n) is 5.80. The van der Waals surface area contributed by atoms with Crippen molar-refractivity contribution in [3.63, 3.8) is 0 Å². The summed E-state index contributed by atoms with van der Waals surface area (Å²) in [6.45, 7) is 1.85. The lowest BCUT2D eigenvalue weighted by Crippen LogP contribution is -2.10. The molecular formula is C18H14F3N3O2. The number of hydrogen-bond acceptors (Lipinski definition) is 3. The number of alkyl halides is 3. The number of hydrogen-bond donors (Lipinski definition) is 2. The van der Waals surface area contributed by atoms with E-state index in [9.17, 15) is 22.8 Å². The molecule has 0 radical (unpaired) electrons. The Morgan fingerprint density at radius 3 is 2.31 bits per heavy atom. The Balaban J connectivity index is 1.81. The molecule has 0 aliphatic carbocycles. The highest BCUT2D eigenvalue weighted by atomic mass is 19.4. The molecule has 5 nitrogen and oxygen atoms in total. The van der Waals surface area contributed by atoms with Gasteiger partial charge in [0.2, 0.25) is 5.78 Å². The highest BCUT2D eigenvalue weighted by molar-refractivity contribution is 6.07. The normalized spacial score (nSPS) is 12.8. The number of halogens is 3. The van der Waals surface area contributed by atoms with Crippen molar-refractivity contribution >= 4 is 5.78 Å². The van der Waals surface area contributed by atoms with Crippen molar-refractivity contribution in [1.82, 2.24) is 15.2 Å². The van der Waals surface area contributed by atoms with Crippen LogP contribution in [0, 0.1) is 0 Å². The van der Waals surface area contributed by atoms with Gasteiger partial charge in [-0.2, -0.15) is 18.3 Å². The molecular weight excluding hydrogens is 347 g/mol. The van der Waals surface area contributed by atoms with E-state index in [1.165, 1.54) is 6.07 Å². The van der Waals surface area contributed by atoms with Crippen LogP contribution in [-0.4, -0.2) is 21.0 Å². The molecule has 1 unspecified atom stereocenters. The average molecular weight is 361 g/mol. The van der Waals surface area contributed by atoms with Crippen LogP contribution in [0.4, 0.5) is 13.2 Å². The lowest BCUT2D eigenvalue weighted by Gasteiger charge is -2.08. The summed E-state index contributed by atoms with van der Waals surface area (Å²) < 4.78 is 37.8. The smallest absolute Gasteiger partial charge is 0.355 e. The molecule has 0 aliphatic rings. The van der Waals surface area contributed by atoms with Crippen LogP contribution < -0.4 is 5.56 Å². The van der Waals surface area contributed by atoms with E-state index < -0.39 is 17.5 Å². The molecule has 0 amide bonds. The molecule has 2 N–H and O–H groups in total. The molecule has 0 fully saturated rings. The second kappa shape index (κ2) is 6.62. The first-order valence-corrected chi connectivity index (χ1v) is 7.72. The number of aromatic amines is 2. The van der Waals surface area contributed by atoms with E-state index in [2.05, 4.69) is 15.2 Å². The molecule has 0 spiro atoms. The van der Waals surface area contributed by atoms with E-state index in [4.69, 9.17) is 0 Å². The van der Waals surface area contributed by atoms with Gasteiger partial charge in [-0.25, -0.2) is 5.10 Å². The molecule has 2 aromatic heterocycles. The van der Waals surface area contributed by atoms with Crippen LogP contribution in [0.25, 0.3) is 0 Å². The van der Waals surface area contributed by atoms with E-state index in [1.807, 2.05) is 6.92 Å². The number of ketones is 1. The molecule has 3 aromatic rings. The van der Waals surface area contributed by atoms with Crippen molar-refractivity contribution < 1.29 is 18.0 Å². The highest BCUT2D eigenvalue weighted by Gasteiger charge is 2.30. The van der Waals surface area contributed by atoms with Gasteiger partial charge in [0.05, 0.1) is 17.0 Å². The summed E-state index contributed by atoms with van der Waals surface area (Å²) in [6, 6.07) is 10.3. The molecule has 0 aliphatic heterocycles. The minimum atomic E-state index is -4.44. The molecule has 134 valence electrons. The molecule has 26 heavy (non-hydrogen) atoms. The number of carbonyl (C=O) groups is 1. The van der Waals surface area contributed by atoms with E-state index in [1.54, 1.807) is 18.2 Å². The molecule has 0 bridgehead atoms. The van der Waals surface area contributed by atoms with Gasteiger partial charge in [-0.3, -0.25) is 9.59 Å². The first kappa shape index (κ1) is 17.7. The molecule has 2 heterocycles. The fourth-order valence-corrected chi connectivity index (χ4v) is 2.52. The number of rotatable bonds is 4. The zero-order chi connectivity index (χ0) is 18.9. The minimum Gasteiger partial charge on any atom is -0.355 e. The zero-order valence-electron chi connectivity index (χ0n) is 13.6. The van der Waals surface area contributed by atoms with Crippen LogP contribution >= 0.6 is 0 Å². The Morgan fingerprint density at radius 1 is 1.04 bits per heavy atom. The summed E-state index contributed by atoms with van der Waals surface area (Å²) in [7, 11) is 0. The van der Waals surface area contributed by atoms with Crippen molar-refractivity contribution in [2.75, 3.05) is 0 Å². The standard InChI is InChI=1S/C18H14F3N3O2/c1-10(14-8-9-16(25)24-23-14)13-6-7-15(22-13)17(26)11-2-4-12(5-3-11)18(19,20)21/h2-10,22H,1H3,(H,24,25). The third kappa shape index (κ3) is 3.58. The number of nitrogens with zero attached hydrogens (tertiary/aromatic N) is 1. The van der Waals surface area contributed by atoms with E-state index >= 15 is 0 Å². The van der Waals surface area contributed by atoms with Crippen molar-refractivity contribution in [3.05, 3.63) is 87.1 Å². The third-order valence-corrected chi connectivity index (χ3v) is 4.04. The van der Waals surface area contributed by atoms with Gasteiger partial charge in [0, 0.05) is 23.2 Å². The van der Waals surface area contributed by atoms with Gasteiger partial charge in [0.1, 0.15) is 0 Å². The maximum absolute atomic E-state index is 12.6. The minimum absolute atomic E-state index is 0.154. The molecule has 1 atom stereocenters. The first-order valence-electron chi connectivity index (χ1n) is 7.72. The molecule has 0 saturated heterocycles. The van der Waals surface area contributed by atoms with Gasteiger partial charge in [-0.05, 0) is 30.3 Å². The lowest BCUT2D eigenvalue weighted by atomic mass is 10.0. The van der Waals surface area contributed by atoms with Crippen LogP contribution in [0.3, 0.4) is 0 Å². The number of aromatic nitrogens is 3. The summed E-state index contributed by atoms with van der Waals surface area (Å²) in [5.74, 6) is -0.618. The van der Waals surface area contributed by atoms with Crippen LogP contribution in [-0.2, 0) is 6.18 Å². The van der Waals surface area contributed by atoms with E-state index in [0.29, 0.717) is 11.4 Å². The van der Waals surface area contributed by atoms with E-state index in [0.717, 1.165) is 24.3 Å². The Hall–Kier alpha value is -3.16. The summed E-state index contributed by atoms with van der Waals surface area (Å²) in [4.78, 5) is 26.5. The summed E-state index contributed by atoms with van der Waals surface area (Å²) in [6.07, 6.45) is -4.44. The highest BCUT2D eigenvalue weighted by Crippen LogP contribution is 2.29. The monoisotopic (exact) mass is 361 g/mol. The number of nitrogens with one attached hydrogen (secondary N) is 2. The van der Waals surface area contributed by atoms with Gasteiger partial charge < -0.3 is 4.98 Å². The van der Waals surface area contributed by atoms with Crippen molar-refractivity contribution in [2.24, 2.45) is 0 Å². The Kier molecular flexibility index (Phi) is 4.50. The van der Waals surface area contributed by atoms with Crippen molar-refractivity contribution in [2.45, 2.75) is 19.0 Å². The summed E-state index contributed by atoms with van der Waals surface area (Å²) in [5.41, 5.74) is 0.599. The number of H-pyrrole nitrogens is 2. The van der Waals surface area contributed by atoms with Crippen molar-refractivity contribution in [1.29, 1.82) is 0 Å². The quantitative estimate of drug-likeness (QED) is 0.698. The molecule has 0 saturated carbocycles. The largest absolute Gasteiger partial charge is 0.416 e. The molecule has 3 rings (SSSR count). The zero-order valence-corrected chi connectivity index (χ0v) is 13.6. The summed E-state index contributed by atoms with van der Waals surface area (Å²) in [5, 5.41) is 6.30. The maximum atomic E-state index is 12.6. The number of carbonyl (C=O) groups excluding carboxylic acids is 1. The fourth-order valence-electron chi connectivity index (χ4n) is 2.52. The molecule has 8 heteroatoms. The van der Waals surface area contributed by atoms with Crippen LogP contribution in [0.15, 0.2) is 53.3 Å². The van der Waals surface area contributed by atoms with Crippen LogP contribution in [0.5, 0.6) is 0 Å². The Bertz CT molecular complexity index is 967. The van der Waals surface area contributed by atoms with Gasteiger partial charge in [-0.15, -0.1) is 0 Å². The van der Waals surface area contributed by atoms with Crippen LogP contribution in [0.2, 0.25) is 0 Å². The van der Waals surface area contributed by atoms with Crippen molar-refractivity contribution in [3.8, 4) is 0 Å². The predicted octanol–water partition coefficient (Wildman–Crippen LogP) is 3.50. The second-order valence-corrected chi connectivity index (χ2v) is 5.80. The van der Waals surface area contributed by atoms with Gasteiger partial charge in [0.25, 0.3) is 5.56 Å². The summed E-state index contributed by atoms with van der Waals surface area (Å²) >= 11 is 0.